The van der Waals surface area contributed by atoms with E-state index in [-0.39, 0.29) is 0 Å². The molecule has 1 aliphatic rings. The van der Waals surface area contributed by atoms with Crippen LogP contribution in [-0.2, 0) is 17.6 Å². The van der Waals surface area contributed by atoms with Crippen molar-refractivity contribution in [1.82, 2.24) is 10.6 Å². The SMILES string of the molecule is c1coc(CCNC(=NCC2CCOC2)NCCc2cccs2)c1. The van der Waals surface area contributed by atoms with E-state index in [0.717, 1.165) is 63.8 Å². The van der Waals surface area contributed by atoms with Gasteiger partial charge in [-0.1, -0.05) is 6.07 Å². The van der Waals surface area contributed by atoms with Crippen LogP contribution in [0, 0.1) is 5.92 Å². The van der Waals surface area contributed by atoms with Crippen LogP contribution in [0.2, 0.25) is 0 Å². The minimum atomic E-state index is 0.547. The van der Waals surface area contributed by atoms with Gasteiger partial charge in [0.2, 0.25) is 0 Å². The Labute approximate surface area is 147 Å². The van der Waals surface area contributed by atoms with Gasteiger partial charge in [0, 0.05) is 43.5 Å². The fourth-order valence-corrected chi connectivity index (χ4v) is 3.35. The smallest absolute Gasteiger partial charge is 0.191 e. The van der Waals surface area contributed by atoms with Crippen LogP contribution < -0.4 is 10.6 Å². The number of hydrogen-bond acceptors (Lipinski definition) is 4. The summed E-state index contributed by atoms with van der Waals surface area (Å²) in [6.45, 7) is 4.20. The third-order valence-electron chi connectivity index (χ3n) is 4.02. The number of hydrogen-bond donors (Lipinski definition) is 2. The first-order valence-corrected chi connectivity index (χ1v) is 9.43. The van der Waals surface area contributed by atoms with E-state index in [1.165, 1.54) is 4.88 Å². The summed E-state index contributed by atoms with van der Waals surface area (Å²) >= 11 is 1.80. The van der Waals surface area contributed by atoms with Crippen molar-refractivity contribution < 1.29 is 9.15 Å². The maximum absolute atomic E-state index is 5.43. The zero-order valence-electron chi connectivity index (χ0n) is 13.9. The van der Waals surface area contributed by atoms with Crippen LogP contribution in [0.4, 0.5) is 0 Å². The Morgan fingerprint density at radius 3 is 2.83 bits per heavy atom. The quantitative estimate of drug-likeness (QED) is 0.569. The van der Waals surface area contributed by atoms with Gasteiger partial charge in [0.1, 0.15) is 5.76 Å². The van der Waals surface area contributed by atoms with Gasteiger partial charge >= 0.3 is 0 Å². The molecule has 2 aromatic heterocycles. The molecule has 2 aromatic rings. The van der Waals surface area contributed by atoms with Crippen LogP contribution in [0.5, 0.6) is 0 Å². The maximum Gasteiger partial charge on any atom is 0.191 e. The van der Waals surface area contributed by atoms with E-state index in [9.17, 15) is 0 Å². The number of furan rings is 1. The summed E-state index contributed by atoms with van der Waals surface area (Å²) in [6, 6.07) is 8.18. The van der Waals surface area contributed by atoms with Gasteiger partial charge in [-0.05, 0) is 36.4 Å². The monoisotopic (exact) mass is 347 g/mol. The average molecular weight is 347 g/mol. The van der Waals surface area contributed by atoms with Crippen molar-refractivity contribution in [3.8, 4) is 0 Å². The molecular weight excluding hydrogens is 322 g/mol. The Balaban J connectivity index is 1.45. The number of guanidine groups is 1. The predicted molar refractivity (Wildman–Crippen MR) is 97.7 cm³/mol. The van der Waals surface area contributed by atoms with Crippen molar-refractivity contribution in [1.29, 1.82) is 0 Å². The third-order valence-corrected chi connectivity index (χ3v) is 4.96. The van der Waals surface area contributed by atoms with Crippen molar-refractivity contribution in [3.05, 3.63) is 46.5 Å². The summed E-state index contributed by atoms with van der Waals surface area (Å²) in [5.41, 5.74) is 0. The molecule has 0 aromatic carbocycles. The van der Waals surface area contributed by atoms with Crippen LogP contribution >= 0.6 is 11.3 Å². The number of nitrogens with zero attached hydrogens (tertiary/aromatic N) is 1. The van der Waals surface area contributed by atoms with E-state index in [4.69, 9.17) is 14.1 Å². The normalized spacial score (nSPS) is 18.0. The highest BCUT2D eigenvalue weighted by atomic mass is 32.1. The Kier molecular flexibility index (Phi) is 6.74. The molecule has 3 rings (SSSR count). The summed E-state index contributed by atoms with van der Waals surface area (Å²) in [4.78, 5) is 6.12. The highest BCUT2D eigenvalue weighted by Crippen LogP contribution is 2.12. The molecule has 0 amide bonds. The van der Waals surface area contributed by atoms with Crippen molar-refractivity contribution in [2.24, 2.45) is 10.9 Å². The molecule has 1 fully saturated rings. The number of thiophene rings is 1. The fraction of sp³-hybridized carbons (Fsp3) is 0.500. The summed E-state index contributed by atoms with van der Waals surface area (Å²) in [6.07, 6.45) is 4.69. The Hall–Kier alpha value is -1.79. The summed E-state index contributed by atoms with van der Waals surface area (Å²) in [7, 11) is 0. The molecule has 0 bridgehead atoms. The lowest BCUT2D eigenvalue weighted by molar-refractivity contribution is 0.187. The Morgan fingerprint density at radius 1 is 1.21 bits per heavy atom. The molecule has 3 heterocycles. The molecular formula is C18H25N3O2S. The second-order valence-corrected chi connectivity index (χ2v) is 6.96. The van der Waals surface area contributed by atoms with Crippen LogP contribution in [-0.4, -0.2) is 38.8 Å². The van der Waals surface area contributed by atoms with Crippen molar-refractivity contribution >= 4 is 17.3 Å². The standard InChI is InChI=1S/C18H25N3O2S/c1-3-16(23-10-1)5-8-19-18(21-13-15-7-11-22-14-15)20-9-6-17-4-2-12-24-17/h1-4,10,12,15H,5-9,11,13-14H2,(H2,19,20,21). The molecule has 0 saturated carbocycles. The molecule has 24 heavy (non-hydrogen) atoms. The maximum atomic E-state index is 5.43. The fourth-order valence-electron chi connectivity index (χ4n) is 2.64. The number of nitrogens with one attached hydrogen (secondary N) is 2. The summed E-state index contributed by atoms with van der Waals surface area (Å²) in [5.74, 6) is 2.42. The Morgan fingerprint density at radius 2 is 2.12 bits per heavy atom. The van der Waals surface area contributed by atoms with Crippen LogP contribution in [0.3, 0.4) is 0 Å². The summed E-state index contributed by atoms with van der Waals surface area (Å²) in [5, 5.41) is 8.96. The van der Waals surface area contributed by atoms with Gasteiger partial charge in [0.15, 0.2) is 5.96 Å². The first-order chi connectivity index (χ1) is 11.9. The zero-order valence-corrected chi connectivity index (χ0v) is 14.7. The first kappa shape index (κ1) is 17.0. The van der Waals surface area contributed by atoms with Gasteiger partial charge in [-0.2, -0.15) is 0 Å². The number of ether oxygens (including phenoxy) is 1. The lowest BCUT2D eigenvalue weighted by Gasteiger charge is -2.13. The van der Waals surface area contributed by atoms with Crippen molar-refractivity contribution in [3.63, 3.8) is 0 Å². The number of rotatable bonds is 8. The molecule has 5 nitrogen and oxygen atoms in total. The van der Waals surface area contributed by atoms with E-state index in [0.29, 0.717) is 5.92 Å². The van der Waals surface area contributed by atoms with Crippen molar-refractivity contribution in [2.75, 3.05) is 32.8 Å². The van der Waals surface area contributed by atoms with Gasteiger partial charge < -0.3 is 19.8 Å². The van der Waals surface area contributed by atoms with Gasteiger partial charge in [-0.15, -0.1) is 11.3 Å². The van der Waals surface area contributed by atoms with Gasteiger partial charge in [0.05, 0.1) is 12.9 Å². The Bertz CT molecular complexity index is 548. The lowest BCUT2D eigenvalue weighted by atomic mass is 10.1. The minimum absolute atomic E-state index is 0.547. The second kappa shape index (κ2) is 9.49. The molecule has 6 heteroatoms. The average Bonchev–Trinajstić information content (AvgIpc) is 3.34. The molecule has 130 valence electrons. The van der Waals surface area contributed by atoms with E-state index >= 15 is 0 Å². The van der Waals surface area contributed by atoms with Gasteiger partial charge in [-0.3, -0.25) is 4.99 Å². The minimum Gasteiger partial charge on any atom is -0.469 e. The van der Waals surface area contributed by atoms with Gasteiger partial charge in [0.25, 0.3) is 0 Å². The number of aliphatic imine (C=N–C) groups is 1. The predicted octanol–water partition coefficient (Wildman–Crippen LogP) is 2.70. The van der Waals surface area contributed by atoms with Crippen LogP contribution in [0.15, 0.2) is 45.3 Å². The first-order valence-electron chi connectivity index (χ1n) is 8.55. The molecule has 0 aliphatic carbocycles. The third kappa shape index (κ3) is 5.69. The molecule has 0 radical (unpaired) electrons. The largest absolute Gasteiger partial charge is 0.469 e. The topological polar surface area (TPSA) is 58.8 Å². The molecule has 1 aliphatic heterocycles. The van der Waals surface area contributed by atoms with E-state index in [1.54, 1.807) is 17.6 Å². The van der Waals surface area contributed by atoms with E-state index in [1.807, 2.05) is 12.1 Å². The zero-order chi connectivity index (χ0) is 16.5. The molecule has 2 N–H and O–H groups in total. The molecule has 1 saturated heterocycles. The van der Waals surface area contributed by atoms with Gasteiger partial charge in [-0.25, -0.2) is 0 Å². The summed E-state index contributed by atoms with van der Waals surface area (Å²) < 4.78 is 10.8. The van der Waals surface area contributed by atoms with Crippen LogP contribution in [0.1, 0.15) is 17.1 Å². The second-order valence-electron chi connectivity index (χ2n) is 5.93. The van der Waals surface area contributed by atoms with E-state index in [2.05, 4.69) is 28.1 Å². The molecule has 1 unspecified atom stereocenters. The van der Waals surface area contributed by atoms with Crippen LogP contribution in [0.25, 0.3) is 0 Å². The highest BCUT2D eigenvalue weighted by Gasteiger charge is 2.15. The van der Waals surface area contributed by atoms with E-state index < -0.39 is 0 Å². The molecule has 1 atom stereocenters. The lowest BCUT2D eigenvalue weighted by Crippen LogP contribution is -2.39. The highest BCUT2D eigenvalue weighted by molar-refractivity contribution is 7.09. The van der Waals surface area contributed by atoms with Crippen molar-refractivity contribution in [2.45, 2.75) is 19.3 Å². The molecule has 0 spiro atoms.